The number of rotatable bonds is 5. The molecule has 6 nitrogen and oxygen atoms in total. The number of carbonyl (C=O) groups is 3. The van der Waals surface area contributed by atoms with Gasteiger partial charge in [-0.3, -0.25) is 14.9 Å². The normalized spacial score (nSPS) is 14.9. The molecule has 4 rings (SSSR count). The van der Waals surface area contributed by atoms with E-state index in [1.165, 1.54) is 18.2 Å². The Balaban J connectivity index is 1.63. The second kappa shape index (κ2) is 10.1. The van der Waals surface area contributed by atoms with Crippen molar-refractivity contribution in [3.8, 4) is 5.75 Å². The average molecular weight is 530 g/mol. The number of ether oxygens (including phenoxy) is 1. The molecular formula is C26H19Cl3N2O4. The van der Waals surface area contributed by atoms with Gasteiger partial charge in [-0.1, -0.05) is 59.1 Å². The van der Waals surface area contributed by atoms with E-state index in [-0.39, 0.29) is 28.0 Å². The van der Waals surface area contributed by atoms with Crippen LogP contribution in [-0.2, 0) is 16.2 Å². The summed E-state index contributed by atoms with van der Waals surface area (Å²) in [5.41, 5.74) is 3.01. The van der Waals surface area contributed by atoms with E-state index >= 15 is 0 Å². The molecule has 0 aromatic heterocycles. The van der Waals surface area contributed by atoms with Crippen LogP contribution in [0, 0.1) is 13.8 Å². The van der Waals surface area contributed by atoms with Crippen molar-refractivity contribution in [1.82, 2.24) is 5.32 Å². The highest BCUT2D eigenvalue weighted by molar-refractivity contribution is 6.40. The van der Waals surface area contributed by atoms with E-state index in [1.54, 1.807) is 18.2 Å². The zero-order chi connectivity index (χ0) is 25.3. The van der Waals surface area contributed by atoms with E-state index in [9.17, 15) is 14.4 Å². The first-order valence-corrected chi connectivity index (χ1v) is 11.6. The van der Waals surface area contributed by atoms with E-state index < -0.39 is 17.8 Å². The molecule has 1 aliphatic rings. The first kappa shape index (κ1) is 24.8. The summed E-state index contributed by atoms with van der Waals surface area (Å²) in [6.45, 7) is 3.85. The molecule has 1 N–H and O–H groups in total. The Morgan fingerprint density at radius 2 is 1.51 bits per heavy atom. The maximum Gasteiger partial charge on any atom is 0.335 e. The second-order valence-corrected chi connectivity index (χ2v) is 9.22. The first-order chi connectivity index (χ1) is 16.6. The Bertz CT molecular complexity index is 1360. The van der Waals surface area contributed by atoms with Crippen molar-refractivity contribution in [3.05, 3.63) is 97.5 Å². The fourth-order valence-corrected chi connectivity index (χ4v) is 4.51. The summed E-state index contributed by atoms with van der Waals surface area (Å²) in [5.74, 6) is -1.33. The van der Waals surface area contributed by atoms with E-state index in [2.05, 4.69) is 5.32 Å². The summed E-state index contributed by atoms with van der Waals surface area (Å²) in [4.78, 5) is 39.1. The molecule has 1 heterocycles. The van der Waals surface area contributed by atoms with Gasteiger partial charge < -0.3 is 4.74 Å². The molecule has 178 valence electrons. The van der Waals surface area contributed by atoms with Gasteiger partial charge in [-0.25, -0.2) is 9.69 Å². The van der Waals surface area contributed by atoms with Crippen molar-refractivity contribution in [3.63, 3.8) is 0 Å². The quantitative estimate of drug-likeness (QED) is 0.302. The van der Waals surface area contributed by atoms with Gasteiger partial charge in [-0.15, -0.1) is 0 Å². The monoisotopic (exact) mass is 528 g/mol. The maximum atomic E-state index is 13.2. The van der Waals surface area contributed by atoms with Crippen LogP contribution in [0.4, 0.5) is 10.5 Å². The van der Waals surface area contributed by atoms with Crippen LogP contribution in [0.5, 0.6) is 5.75 Å². The summed E-state index contributed by atoms with van der Waals surface area (Å²) in [5, 5.41) is 3.12. The molecule has 0 saturated carbocycles. The maximum absolute atomic E-state index is 13.2. The molecule has 0 atom stereocenters. The SMILES string of the molecule is Cc1cc(C)cc(N2C(=O)NC(=O)/C(=C\c3cc(Cl)c(OCc4ccccc4Cl)c(Cl)c3)C2=O)c1. The summed E-state index contributed by atoms with van der Waals surface area (Å²) >= 11 is 18.9. The molecule has 35 heavy (non-hydrogen) atoms. The van der Waals surface area contributed by atoms with Crippen molar-refractivity contribution in [2.75, 3.05) is 4.90 Å². The summed E-state index contributed by atoms with van der Waals surface area (Å²) in [6.07, 6.45) is 1.33. The number of hydrogen-bond acceptors (Lipinski definition) is 4. The lowest BCUT2D eigenvalue weighted by molar-refractivity contribution is -0.122. The predicted molar refractivity (Wildman–Crippen MR) is 137 cm³/mol. The van der Waals surface area contributed by atoms with E-state index in [4.69, 9.17) is 39.5 Å². The lowest BCUT2D eigenvalue weighted by Gasteiger charge is -2.27. The number of barbiturate groups is 1. The van der Waals surface area contributed by atoms with E-state index in [0.29, 0.717) is 16.3 Å². The Hall–Kier alpha value is -3.32. The number of halogens is 3. The van der Waals surface area contributed by atoms with Gasteiger partial charge >= 0.3 is 6.03 Å². The van der Waals surface area contributed by atoms with Gasteiger partial charge in [-0.2, -0.15) is 0 Å². The lowest BCUT2D eigenvalue weighted by Crippen LogP contribution is -2.54. The topological polar surface area (TPSA) is 75.7 Å². The van der Waals surface area contributed by atoms with Gasteiger partial charge in [0.05, 0.1) is 15.7 Å². The van der Waals surface area contributed by atoms with Crippen LogP contribution in [0.25, 0.3) is 6.08 Å². The molecule has 1 saturated heterocycles. The van der Waals surface area contributed by atoms with Gasteiger partial charge in [0, 0.05) is 10.6 Å². The number of carbonyl (C=O) groups excluding carboxylic acids is 3. The van der Waals surface area contributed by atoms with Crippen LogP contribution in [-0.4, -0.2) is 17.8 Å². The van der Waals surface area contributed by atoms with Crippen LogP contribution in [0.3, 0.4) is 0 Å². The van der Waals surface area contributed by atoms with E-state index in [1.807, 2.05) is 38.1 Å². The molecule has 3 aromatic carbocycles. The molecule has 3 aromatic rings. The predicted octanol–water partition coefficient (Wildman–Crippen LogP) is 6.51. The Morgan fingerprint density at radius 1 is 0.886 bits per heavy atom. The summed E-state index contributed by atoms with van der Waals surface area (Å²) in [6, 6.07) is 14.7. The number of nitrogens with zero attached hydrogens (tertiary/aromatic N) is 1. The number of nitrogens with one attached hydrogen (secondary N) is 1. The fourth-order valence-electron chi connectivity index (χ4n) is 3.70. The smallest absolute Gasteiger partial charge is 0.335 e. The number of imide groups is 2. The zero-order valence-corrected chi connectivity index (χ0v) is 21.0. The Kier molecular flexibility index (Phi) is 7.17. The molecular weight excluding hydrogens is 511 g/mol. The highest BCUT2D eigenvalue weighted by Crippen LogP contribution is 2.36. The van der Waals surface area contributed by atoms with Crippen molar-refractivity contribution >= 4 is 64.4 Å². The second-order valence-electron chi connectivity index (χ2n) is 8.00. The number of hydrogen-bond donors (Lipinski definition) is 1. The molecule has 0 bridgehead atoms. The third kappa shape index (κ3) is 5.35. The molecule has 0 aliphatic carbocycles. The largest absolute Gasteiger partial charge is 0.486 e. The van der Waals surface area contributed by atoms with Crippen molar-refractivity contribution in [2.45, 2.75) is 20.5 Å². The highest BCUT2D eigenvalue weighted by Gasteiger charge is 2.37. The molecule has 0 spiro atoms. The minimum atomic E-state index is -0.818. The number of amides is 4. The van der Waals surface area contributed by atoms with Gasteiger partial charge in [-0.05, 0) is 66.9 Å². The number of urea groups is 1. The standard InChI is InChI=1S/C26H19Cl3N2O4/c1-14-7-15(2)9-18(8-14)31-25(33)19(24(32)30-26(31)34)10-16-11-21(28)23(22(29)12-16)35-13-17-5-3-4-6-20(17)27/h3-12H,13H2,1-2H3,(H,30,32,34)/b19-10+. The van der Waals surface area contributed by atoms with Crippen LogP contribution < -0.4 is 15.0 Å². The van der Waals surface area contributed by atoms with E-state index in [0.717, 1.165) is 21.6 Å². The molecule has 9 heteroatoms. The number of anilines is 1. The fraction of sp³-hybridized carbons (Fsp3) is 0.115. The average Bonchev–Trinajstić information content (AvgIpc) is 2.76. The first-order valence-electron chi connectivity index (χ1n) is 10.5. The third-order valence-electron chi connectivity index (χ3n) is 5.23. The number of aryl methyl sites for hydroxylation is 2. The van der Waals surface area contributed by atoms with Crippen LogP contribution >= 0.6 is 34.8 Å². The lowest BCUT2D eigenvalue weighted by atomic mass is 10.1. The van der Waals surface area contributed by atoms with Crippen LogP contribution in [0.2, 0.25) is 15.1 Å². The highest BCUT2D eigenvalue weighted by atomic mass is 35.5. The van der Waals surface area contributed by atoms with Crippen molar-refractivity contribution in [2.24, 2.45) is 0 Å². The Morgan fingerprint density at radius 3 is 2.14 bits per heavy atom. The summed E-state index contributed by atoms with van der Waals surface area (Å²) in [7, 11) is 0. The molecule has 1 fully saturated rings. The van der Waals surface area contributed by atoms with Gasteiger partial charge in [0.25, 0.3) is 11.8 Å². The minimum Gasteiger partial charge on any atom is -0.486 e. The summed E-state index contributed by atoms with van der Waals surface area (Å²) < 4.78 is 5.76. The van der Waals surface area contributed by atoms with Crippen molar-refractivity contribution < 1.29 is 19.1 Å². The molecule has 4 amide bonds. The van der Waals surface area contributed by atoms with Crippen LogP contribution in [0.1, 0.15) is 22.3 Å². The molecule has 0 unspecified atom stereocenters. The van der Waals surface area contributed by atoms with Gasteiger partial charge in [0.2, 0.25) is 0 Å². The van der Waals surface area contributed by atoms with Gasteiger partial charge in [0.15, 0.2) is 5.75 Å². The minimum absolute atomic E-state index is 0.146. The van der Waals surface area contributed by atoms with Crippen LogP contribution in [0.15, 0.2) is 60.2 Å². The number of benzene rings is 3. The molecule has 0 radical (unpaired) electrons. The molecule has 1 aliphatic heterocycles. The zero-order valence-electron chi connectivity index (χ0n) is 18.7. The van der Waals surface area contributed by atoms with Gasteiger partial charge in [0.1, 0.15) is 12.2 Å². The van der Waals surface area contributed by atoms with Crippen molar-refractivity contribution in [1.29, 1.82) is 0 Å². The Labute approximate surface area is 217 Å². The third-order valence-corrected chi connectivity index (χ3v) is 6.16.